The molecule has 1 aliphatic carbocycles. The van der Waals surface area contributed by atoms with Gasteiger partial charge >= 0.3 is 0 Å². The van der Waals surface area contributed by atoms with E-state index in [0.29, 0.717) is 23.5 Å². The lowest BCUT2D eigenvalue weighted by Gasteiger charge is -2.35. The lowest BCUT2D eigenvalue weighted by Crippen LogP contribution is -2.42. The van der Waals surface area contributed by atoms with E-state index in [0.717, 1.165) is 50.5 Å². The maximum atomic E-state index is 10.7. The van der Waals surface area contributed by atoms with Crippen LogP contribution in [0, 0.1) is 17.8 Å². The number of carbonyl (C=O) groups is 1. The number of likely N-dealkylation sites (tertiary alicyclic amines) is 1. The molecule has 0 radical (unpaired) electrons. The summed E-state index contributed by atoms with van der Waals surface area (Å²) in [5, 5.41) is 17.6. The molecule has 9 heteroatoms. The van der Waals surface area contributed by atoms with Crippen molar-refractivity contribution in [2.45, 2.75) is 52.0 Å². The Morgan fingerprint density at radius 1 is 1.21 bits per heavy atom. The Kier molecular flexibility index (Phi) is 7.39. The van der Waals surface area contributed by atoms with E-state index in [4.69, 9.17) is 24.1 Å². The Hall–Kier alpha value is -2.78. The number of hydrogen-bond donors (Lipinski definition) is 2. The van der Waals surface area contributed by atoms with Crippen LogP contribution in [0.2, 0.25) is 0 Å². The number of aromatic nitrogens is 2. The number of aliphatic hydroxyl groups excluding tert-OH is 1. The predicted molar refractivity (Wildman–Crippen MR) is 120 cm³/mol. The first-order valence-corrected chi connectivity index (χ1v) is 11.5. The van der Waals surface area contributed by atoms with Gasteiger partial charge in [0.2, 0.25) is 6.79 Å². The van der Waals surface area contributed by atoms with Crippen molar-refractivity contribution in [3.8, 4) is 17.2 Å². The van der Waals surface area contributed by atoms with E-state index < -0.39 is 6.10 Å². The molecule has 0 spiro atoms. The van der Waals surface area contributed by atoms with Gasteiger partial charge in [-0.1, -0.05) is 13.8 Å². The monoisotopic (exact) mass is 459 g/mol. The van der Waals surface area contributed by atoms with Gasteiger partial charge in [0, 0.05) is 38.4 Å². The van der Waals surface area contributed by atoms with Crippen LogP contribution in [-0.4, -0.2) is 63.2 Å². The van der Waals surface area contributed by atoms with Crippen molar-refractivity contribution in [2.24, 2.45) is 17.8 Å². The van der Waals surface area contributed by atoms with Crippen LogP contribution in [-0.2, 0) is 17.9 Å². The highest BCUT2D eigenvalue weighted by atomic mass is 16.7. The molecular weight excluding hydrogens is 426 g/mol. The van der Waals surface area contributed by atoms with Crippen LogP contribution in [0.15, 0.2) is 30.7 Å². The second-order valence-electron chi connectivity index (χ2n) is 9.46. The highest BCUT2D eigenvalue weighted by Crippen LogP contribution is 2.40. The van der Waals surface area contributed by atoms with Crippen LogP contribution < -0.4 is 14.2 Å². The SMILES string of the molecule is CC(C)Cn1cncc1CN1C[C@H]2C[C@@H](Oc3ccc4c(c3)OCO4)[C@H](O)C[C@H]2C1.O=CO. The van der Waals surface area contributed by atoms with Gasteiger partial charge in [0.05, 0.1) is 18.1 Å². The summed E-state index contributed by atoms with van der Waals surface area (Å²) < 4.78 is 19.3. The van der Waals surface area contributed by atoms with Crippen molar-refractivity contribution in [1.82, 2.24) is 14.5 Å². The number of hydrogen-bond acceptors (Lipinski definition) is 7. The molecule has 2 aliphatic heterocycles. The van der Waals surface area contributed by atoms with Crippen LogP contribution in [0.5, 0.6) is 17.2 Å². The number of rotatable bonds is 6. The van der Waals surface area contributed by atoms with E-state index in [-0.39, 0.29) is 19.4 Å². The van der Waals surface area contributed by atoms with Gasteiger partial charge in [0.15, 0.2) is 11.5 Å². The standard InChI is InChI=1S/C23H31N3O4.CH2O2/c1-15(2)9-26-13-24-8-18(26)12-25-10-16-5-20(27)22(6-17(16)11-25)30-19-3-4-21-23(7-19)29-14-28-21;2-1-3/h3-4,7-8,13,15-17,20,22,27H,5-6,9-12,14H2,1-2H3;1H,(H,2,3)/t16-,17+,20+,22+;/m0./s1. The normalized spacial score (nSPS) is 25.9. The molecule has 4 atom stereocenters. The molecule has 9 nitrogen and oxygen atoms in total. The van der Waals surface area contributed by atoms with Crippen molar-refractivity contribution < 1.29 is 29.2 Å². The molecule has 3 heterocycles. The zero-order valence-electron chi connectivity index (χ0n) is 19.2. The van der Waals surface area contributed by atoms with Crippen LogP contribution >= 0.6 is 0 Å². The Morgan fingerprint density at radius 3 is 2.70 bits per heavy atom. The summed E-state index contributed by atoms with van der Waals surface area (Å²) in [7, 11) is 0. The Balaban J connectivity index is 0.000000821. The zero-order chi connectivity index (χ0) is 23.4. The molecule has 2 aromatic rings. The third-order valence-corrected chi connectivity index (χ3v) is 6.54. The molecule has 33 heavy (non-hydrogen) atoms. The van der Waals surface area contributed by atoms with Crippen molar-refractivity contribution in [1.29, 1.82) is 0 Å². The van der Waals surface area contributed by atoms with Gasteiger partial charge in [-0.25, -0.2) is 4.98 Å². The number of nitrogens with zero attached hydrogens (tertiary/aromatic N) is 3. The van der Waals surface area contributed by atoms with E-state index in [1.54, 1.807) is 0 Å². The van der Waals surface area contributed by atoms with E-state index in [1.165, 1.54) is 5.69 Å². The Labute approximate surface area is 193 Å². The van der Waals surface area contributed by atoms with Gasteiger partial charge in [-0.2, -0.15) is 0 Å². The molecular formula is C24H33N3O6. The summed E-state index contributed by atoms with van der Waals surface area (Å²) in [5.74, 6) is 3.86. The van der Waals surface area contributed by atoms with Gasteiger partial charge in [-0.15, -0.1) is 0 Å². The molecule has 5 rings (SSSR count). The van der Waals surface area contributed by atoms with E-state index in [9.17, 15) is 5.11 Å². The fraction of sp³-hybridized carbons (Fsp3) is 0.583. The highest BCUT2D eigenvalue weighted by Gasteiger charge is 2.42. The summed E-state index contributed by atoms with van der Waals surface area (Å²) in [4.78, 5) is 15.2. The molecule has 1 aromatic carbocycles. The molecule has 0 amide bonds. The zero-order valence-corrected chi connectivity index (χ0v) is 19.2. The fourth-order valence-corrected chi connectivity index (χ4v) is 5.13. The minimum Gasteiger partial charge on any atom is -0.488 e. The maximum absolute atomic E-state index is 10.7. The van der Waals surface area contributed by atoms with Gasteiger partial charge in [0.25, 0.3) is 6.47 Å². The third-order valence-electron chi connectivity index (χ3n) is 6.54. The number of imidazole rings is 1. The molecule has 0 unspecified atom stereocenters. The van der Waals surface area contributed by atoms with E-state index in [2.05, 4.69) is 28.3 Å². The van der Waals surface area contributed by atoms with Crippen LogP contribution in [0.4, 0.5) is 0 Å². The quantitative estimate of drug-likeness (QED) is 0.635. The van der Waals surface area contributed by atoms with Crippen molar-refractivity contribution >= 4 is 6.47 Å². The van der Waals surface area contributed by atoms with Gasteiger partial charge < -0.3 is 29.0 Å². The minimum absolute atomic E-state index is 0.182. The van der Waals surface area contributed by atoms with Crippen LogP contribution in [0.3, 0.4) is 0 Å². The highest BCUT2D eigenvalue weighted by molar-refractivity contribution is 5.47. The lowest BCUT2D eigenvalue weighted by molar-refractivity contribution is -0.122. The first-order valence-electron chi connectivity index (χ1n) is 11.5. The topological polar surface area (TPSA) is 106 Å². The third kappa shape index (κ3) is 5.59. The Morgan fingerprint density at radius 2 is 1.94 bits per heavy atom. The number of aliphatic hydroxyl groups is 1. The predicted octanol–water partition coefficient (Wildman–Crippen LogP) is 2.62. The van der Waals surface area contributed by atoms with E-state index in [1.807, 2.05) is 30.7 Å². The maximum Gasteiger partial charge on any atom is 0.290 e. The summed E-state index contributed by atoms with van der Waals surface area (Å²) in [6, 6.07) is 5.62. The summed E-state index contributed by atoms with van der Waals surface area (Å²) in [6.45, 7) is 8.46. The Bertz CT molecular complexity index is 933. The average Bonchev–Trinajstić information content (AvgIpc) is 3.49. The largest absolute Gasteiger partial charge is 0.488 e. The molecule has 1 saturated carbocycles. The summed E-state index contributed by atoms with van der Waals surface area (Å²) in [6.07, 6.45) is 4.98. The number of ether oxygens (including phenoxy) is 3. The van der Waals surface area contributed by atoms with Gasteiger partial charge in [0.1, 0.15) is 11.9 Å². The van der Waals surface area contributed by atoms with Crippen molar-refractivity contribution in [3.05, 3.63) is 36.4 Å². The first-order chi connectivity index (χ1) is 16.0. The minimum atomic E-state index is -0.442. The second-order valence-corrected chi connectivity index (χ2v) is 9.46. The lowest BCUT2D eigenvalue weighted by atomic mass is 9.78. The molecule has 0 bridgehead atoms. The van der Waals surface area contributed by atoms with Crippen molar-refractivity contribution in [2.75, 3.05) is 19.9 Å². The van der Waals surface area contributed by atoms with Gasteiger partial charge in [-0.3, -0.25) is 9.69 Å². The molecule has 3 aliphatic rings. The van der Waals surface area contributed by atoms with Crippen LogP contribution in [0.1, 0.15) is 32.4 Å². The molecule has 180 valence electrons. The smallest absolute Gasteiger partial charge is 0.290 e. The molecule has 1 aromatic heterocycles. The van der Waals surface area contributed by atoms with Crippen LogP contribution in [0.25, 0.3) is 0 Å². The number of carboxylic acid groups (broad SMARTS) is 1. The summed E-state index contributed by atoms with van der Waals surface area (Å²) >= 11 is 0. The second kappa shape index (κ2) is 10.4. The van der Waals surface area contributed by atoms with Gasteiger partial charge in [-0.05, 0) is 42.7 Å². The first kappa shape index (κ1) is 23.4. The van der Waals surface area contributed by atoms with Crippen molar-refractivity contribution in [3.63, 3.8) is 0 Å². The average molecular weight is 460 g/mol. The summed E-state index contributed by atoms with van der Waals surface area (Å²) in [5.41, 5.74) is 1.27. The number of fused-ring (bicyclic) bond motifs is 2. The number of benzene rings is 1. The van der Waals surface area contributed by atoms with E-state index >= 15 is 0 Å². The molecule has 2 N–H and O–H groups in total. The molecule has 2 fully saturated rings. The molecule has 1 saturated heterocycles. The fourth-order valence-electron chi connectivity index (χ4n) is 5.13.